The SMILES string of the molecule is CCCCCCCCCCCCCCCCCCCCCCCC(O)NCCCO. The molecule has 0 aromatic heterocycles. The Balaban J connectivity index is 3.05. The van der Waals surface area contributed by atoms with E-state index in [9.17, 15) is 5.11 Å². The number of aliphatic hydroxyl groups is 2. The smallest absolute Gasteiger partial charge is 0.104 e. The Morgan fingerprint density at radius 3 is 1.17 bits per heavy atom. The maximum atomic E-state index is 9.74. The van der Waals surface area contributed by atoms with Gasteiger partial charge in [0, 0.05) is 6.61 Å². The fourth-order valence-electron chi connectivity index (χ4n) is 4.22. The summed E-state index contributed by atoms with van der Waals surface area (Å²) >= 11 is 0. The maximum Gasteiger partial charge on any atom is 0.104 e. The van der Waals surface area contributed by atoms with Crippen molar-refractivity contribution in [2.45, 2.75) is 161 Å². The van der Waals surface area contributed by atoms with Gasteiger partial charge in [-0.2, -0.15) is 0 Å². The summed E-state index contributed by atoms with van der Waals surface area (Å²) in [5, 5.41) is 21.5. The third kappa shape index (κ3) is 25.9. The Morgan fingerprint density at radius 1 is 0.500 bits per heavy atom. The van der Waals surface area contributed by atoms with Crippen LogP contribution in [0.25, 0.3) is 0 Å². The van der Waals surface area contributed by atoms with Gasteiger partial charge in [0.2, 0.25) is 0 Å². The van der Waals surface area contributed by atoms with Crippen molar-refractivity contribution in [3.63, 3.8) is 0 Å². The van der Waals surface area contributed by atoms with E-state index in [-0.39, 0.29) is 6.61 Å². The molecule has 0 saturated carbocycles. The van der Waals surface area contributed by atoms with Crippen LogP contribution in [0.1, 0.15) is 155 Å². The monoisotopic (exact) mass is 427 g/mol. The maximum absolute atomic E-state index is 9.74. The van der Waals surface area contributed by atoms with Crippen LogP contribution in [0, 0.1) is 0 Å². The number of hydrogen-bond donors (Lipinski definition) is 3. The molecule has 1 atom stereocenters. The fraction of sp³-hybridized carbons (Fsp3) is 1.00. The van der Waals surface area contributed by atoms with E-state index in [4.69, 9.17) is 5.11 Å². The average Bonchev–Trinajstić information content (AvgIpc) is 2.75. The predicted octanol–water partition coefficient (Wildman–Crippen LogP) is 7.88. The van der Waals surface area contributed by atoms with Crippen molar-refractivity contribution in [1.82, 2.24) is 5.32 Å². The molecule has 0 saturated heterocycles. The normalized spacial score (nSPS) is 12.5. The molecular formula is C27H57NO2. The van der Waals surface area contributed by atoms with Crippen molar-refractivity contribution in [3.05, 3.63) is 0 Å². The van der Waals surface area contributed by atoms with Crippen molar-refractivity contribution in [3.8, 4) is 0 Å². The van der Waals surface area contributed by atoms with Gasteiger partial charge in [0.05, 0.1) is 0 Å². The lowest BCUT2D eigenvalue weighted by Crippen LogP contribution is -2.29. The molecule has 0 fully saturated rings. The zero-order valence-corrected chi connectivity index (χ0v) is 20.6. The van der Waals surface area contributed by atoms with Gasteiger partial charge in [-0.3, -0.25) is 5.32 Å². The summed E-state index contributed by atoms with van der Waals surface area (Å²) in [6.45, 7) is 3.19. The quantitative estimate of drug-likeness (QED) is 0.0971. The zero-order valence-electron chi connectivity index (χ0n) is 20.6. The summed E-state index contributed by atoms with van der Waals surface area (Å²) in [5.41, 5.74) is 0. The standard InChI is InChI=1S/C27H57NO2/c1-2-3-4-5-6-7-8-9-10-11-12-13-14-15-16-17-18-19-20-21-22-24-27(30)28-25-23-26-29/h27-30H,2-26H2,1H3. The summed E-state index contributed by atoms with van der Waals surface area (Å²) < 4.78 is 0. The van der Waals surface area contributed by atoms with Crippen LogP contribution in [0.5, 0.6) is 0 Å². The van der Waals surface area contributed by atoms with E-state index in [1.54, 1.807) is 0 Å². The van der Waals surface area contributed by atoms with Crippen molar-refractivity contribution >= 4 is 0 Å². The number of unbranched alkanes of at least 4 members (excludes halogenated alkanes) is 20. The predicted molar refractivity (Wildman–Crippen MR) is 133 cm³/mol. The van der Waals surface area contributed by atoms with Gasteiger partial charge in [-0.15, -0.1) is 0 Å². The van der Waals surface area contributed by atoms with E-state index in [0.717, 1.165) is 19.3 Å². The molecule has 0 aliphatic heterocycles. The molecule has 0 heterocycles. The van der Waals surface area contributed by atoms with Gasteiger partial charge in [-0.25, -0.2) is 0 Å². The first kappa shape index (κ1) is 29.9. The second kappa shape index (κ2) is 26.9. The number of rotatable bonds is 26. The Labute approximate surface area is 189 Å². The van der Waals surface area contributed by atoms with Crippen LogP contribution in [0.4, 0.5) is 0 Å². The lowest BCUT2D eigenvalue weighted by molar-refractivity contribution is 0.121. The molecule has 182 valence electrons. The number of nitrogens with one attached hydrogen (secondary N) is 1. The topological polar surface area (TPSA) is 52.5 Å². The van der Waals surface area contributed by atoms with Gasteiger partial charge in [-0.1, -0.05) is 135 Å². The molecule has 3 N–H and O–H groups in total. The molecule has 3 nitrogen and oxygen atoms in total. The summed E-state index contributed by atoms with van der Waals surface area (Å²) in [7, 11) is 0. The molecule has 0 radical (unpaired) electrons. The van der Waals surface area contributed by atoms with Gasteiger partial charge >= 0.3 is 0 Å². The van der Waals surface area contributed by atoms with Gasteiger partial charge in [0.25, 0.3) is 0 Å². The van der Waals surface area contributed by atoms with E-state index in [1.165, 1.54) is 128 Å². The van der Waals surface area contributed by atoms with Gasteiger partial charge in [0.15, 0.2) is 0 Å². The minimum atomic E-state index is -0.392. The first-order valence-electron chi connectivity index (χ1n) is 13.8. The van der Waals surface area contributed by atoms with E-state index >= 15 is 0 Å². The lowest BCUT2D eigenvalue weighted by atomic mass is 10.0. The highest BCUT2D eigenvalue weighted by Gasteiger charge is 2.02. The molecule has 0 aliphatic carbocycles. The fourth-order valence-corrected chi connectivity index (χ4v) is 4.22. The molecule has 0 amide bonds. The van der Waals surface area contributed by atoms with Crippen LogP contribution in [0.2, 0.25) is 0 Å². The minimum absolute atomic E-state index is 0.194. The van der Waals surface area contributed by atoms with Crippen LogP contribution in [-0.4, -0.2) is 29.6 Å². The Kier molecular flexibility index (Phi) is 26.8. The van der Waals surface area contributed by atoms with Crippen molar-refractivity contribution in [2.75, 3.05) is 13.2 Å². The largest absolute Gasteiger partial charge is 0.396 e. The third-order valence-corrected chi connectivity index (χ3v) is 6.30. The highest BCUT2D eigenvalue weighted by atomic mass is 16.3. The highest BCUT2D eigenvalue weighted by Crippen LogP contribution is 2.15. The first-order chi connectivity index (χ1) is 14.8. The number of aliphatic hydroxyl groups excluding tert-OH is 2. The Bertz CT molecular complexity index is 299. The van der Waals surface area contributed by atoms with Crippen molar-refractivity contribution in [2.24, 2.45) is 0 Å². The van der Waals surface area contributed by atoms with Gasteiger partial charge in [-0.05, 0) is 25.8 Å². The van der Waals surface area contributed by atoms with Gasteiger partial charge in [0.1, 0.15) is 6.23 Å². The lowest BCUT2D eigenvalue weighted by Gasteiger charge is -2.11. The molecule has 1 unspecified atom stereocenters. The number of hydrogen-bond acceptors (Lipinski definition) is 3. The van der Waals surface area contributed by atoms with E-state index < -0.39 is 6.23 Å². The molecule has 0 bridgehead atoms. The highest BCUT2D eigenvalue weighted by molar-refractivity contribution is 4.55. The van der Waals surface area contributed by atoms with Crippen molar-refractivity contribution < 1.29 is 10.2 Å². The molecule has 0 spiro atoms. The zero-order chi connectivity index (χ0) is 22.0. The van der Waals surface area contributed by atoms with Crippen LogP contribution in [0.15, 0.2) is 0 Å². The van der Waals surface area contributed by atoms with E-state index in [1.807, 2.05) is 0 Å². The van der Waals surface area contributed by atoms with Crippen LogP contribution >= 0.6 is 0 Å². The molecular weight excluding hydrogens is 370 g/mol. The summed E-state index contributed by atoms with van der Waals surface area (Å²) in [6.07, 6.45) is 30.6. The van der Waals surface area contributed by atoms with Crippen molar-refractivity contribution in [1.29, 1.82) is 0 Å². The van der Waals surface area contributed by atoms with Crippen LogP contribution < -0.4 is 5.32 Å². The molecule has 0 rings (SSSR count). The molecule has 3 heteroatoms. The molecule has 0 aromatic rings. The Hall–Kier alpha value is -0.120. The summed E-state index contributed by atoms with van der Waals surface area (Å²) in [5.74, 6) is 0. The molecule has 30 heavy (non-hydrogen) atoms. The van der Waals surface area contributed by atoms with Gasteiger partial charge < -0.3 is 10.2 Å². The van der Waals surface area contributed by atoms with Crippen LogP contribution in [0.3, 0.4) is 0 Å². The Morgan fingerprint density at radius 2 is 0.833 bits per heavy atom. The van der Waals surface area contributed by atoms with Crippen LogP contribution in [-0.2, 0) is 0 Å². The van der Waals surface area contributed by atoms with E-state index in [0.29, 0.717) is 6.54 Å². The summed E-state index contributed by atoms with van der Waals surface area (Å²) in [6, 6.07) is 0. The summed E-state index contributed by atoms with van der Waals surface area (Å²) in [4.78, 5) is 0. The van der Waals surface area contributed by atoms with E-state index in [2.05, 4.69) is 12.2 Å². The molecule has 0 aromatic carbocycles. The minimum Gasteiger partial charge on any atom is -0.396 e. The third-order valence-electron chi connectivity index (χ3n) is 6.30. The molecule has 0 aliphatic rings. The first-order valence-corrected chi connectivity index (χ1v) is 13.8. The average molecular weight is 428 g/mol. The second-order valence-corrected chi connectivity index (χ2v) is 9.41. The second-order valence-electron chi connectivity index (χ2n) is 9.41.